The number of morpholine rings is 1. The zero-order chi connectivity index (χ0) is 20.5. The molecule has 3 aromatic rings. The molecule has 0 radical (unpaired) electrons. The summed E-state index contributed by atoms with van der Waals surface area (Å²) in [6.45, 7) is 9.41. The fraction of sp³-hybridized carbons (Fsp3) is 0.500. The Morgan fingerprint density at radius 3 is 2.77 bits per heavy atom. The highest BCUT2D eigenvalue weighted by Gasteiger charge is 2.22. The SMILES string of the molecule is C[C@H]1CN(Cc2cc3nc(-c4cnc(N)nc4)nc(N4CCOCC4)c3s2)CCN1. The smallest absolute Gasteiger partial charge is 0.219 e. The van der Waals surface area contributed by atoms with Gasteiger partial charge in [-0.1, -0.05) is 0 Å². The van der Waals surface area contributed by atoms with Crippen LogP contribution < -0.4 is 16.0 Å². The largest absolute Gasteiger partial charge is 0.378 e. The maximum absolute atomic E-state index is 5.65. The number of thiophene rings is 1. The Bertz CT molecular complexity index is 1020. The average molecular weight is 427 g/mol. The topological polar surface area (TPSA) is 105 Å². The summed E-state index contributed by atoms with van der Waals surface area (Å²) in [5, 5.41) is 3.51. The first-order valence-electron chi connectivity index (χ1n) is 10.3. The summed E-state index contributed by atoms with van der Waals surface area (Å²) in [5.41, 5.74) is 7.39. The fourth-order valence-electron chi connectivity index (χ4n) is 3.99. The highest BCUT2D eigenvalue weighted by molar-refractivity contribution is 7.19. The van der Waals surface area contributed by atoms with Gasteiger partial charge in [-0.15, -0.1) is 11.3 Å². The van der Waals surface area contributed by atoms with Gasteiger partial charge in [0.25, 0.3) is 0 Å². The predicted molar refractivity (Wildman–Crippen MR) is 119 cm³/mol. The molecule has 0 aliphatic carbocycles. The summed E-state index contributed by atoms with van der Waals surface area (Å²) < 4.78 is 6.68. The minimum absolute atomic E-state index is 0.247. The van der Waals surface area contributed by atoms with Crippen LogP contribution in [0.5, 0.6) is 0 Å². The van der Waals surface area contributed by atoms with Gasteiger partial charge < -0.3 is 20.7 Å². The summed E-state index contributed by atoms with van der Waals surface area (Å²) >= 11 is 1.80. The average Bonchev–Trinajstić information content (AvgIpc) is 3.16. The normalized spacial score (nSPS) is 20.7. The number of anilines is 2. The number of nitrogens with one attached hydrogen (secondary N) is 1. The predicted octanol–water partition coefficient (Wildman–Crippen LogP) is 1.36. The van der Waals surface area contributed by atoms with Gasteiger partial charge in [-0.25, -0.2) is 19.9 Å². The van der Waals surface area contributed by atoms with Gasteiger partial charge in [0.2, 0.25) is 5.95 Å². The molecule has 9 nitrogen and oxygen atoms in total. The van der Waals surface area contributed by atoms with Gasteiger partial charge in [-0.3, -0.25) is 4.90 Å². The molecule has 10 heteroatoms. The van der Waals surface area contributed by atoms with Gasteiger partial charge in [0.05, 0.1) is 29.0 Å². The zero-order valence-corrected chi connectivity index (χ0v) is 17.9. The van der Waals surface area contributed by atoms with Crippen LogP contribution in [0.25, 0.3) is 21.6 Å². The van der Waals surface area contributed by atoms with E-state index in [2.05, 4.69) is 38.1 Å². The molecule has 0 aromatic carbocycles. The molecular formula is C20H26N8OS. The molecule has 2 aliphatic heterocycles. The molecule has 0 unspecified atom stereocenters. The number of nitrogens with zero attached hydrogens (tertiary/aromatic N) is 6. The lowest BCUT2D eigenvalue weighted by Gasteiger charge is -2.31. The first-order chi connectivity index (χ1) is 14.7. The highest BCUT2D eigenvalue weighted by Crippen LogP contribution is 2.35. The van der Waals surface area contributed by atoms with Crippen molar-refractivity contribution in [2.75, 3.05) is 56.6 Å². The number of ether oxygens (including phenoxy) is 1. The van der Waals surface area contributed by atoms with Gasteiger partial charge in [0.15, 0.2) is 11.6 Å². The molecule has 30 heavy (non-hydrogen) atoms. The van der Waals surface area contributed by atoms with Gasteiger partial charge >= 0.3 is 0 Å². The van der Waals surface area contributed by atoms with E-state index < -0.39 is 0 Å². The number of aromatic nitrogens is 4. The van der Waals surface area contributed by atoms with Gasteiger partial charge in [-0.2, -0.15) is 0 Å². The Labute approximate surface area is 179 Å². The number of hydrogen-bond acceptors (Lipinski definition) is 10. The van der Waals surface area contributed by atoms with Crippen LogP contribution in [-0.2, 0) is 11.3 Å². The molecule has 2 aliphatic rings. The van der Waals surface area contributed by atoms with Crippen LogP contribution in [0.3, 0.4) is 0 Å². The second kappa shape index (κ2) is 8.38. The lowest BCUT2D eigenvalue weighted by Crippen LogP contribution is -2.48. The Balaban J connectivity index is 1.53. The number of rotatable bonds is 4. The summed E-state index contributed by atoms with van der Waals surface area (Å²) in [7, 11) is 0. The third-order valence-electron chi connectivity index (χ3n) is 5.48. The van der Waals surface area contributed by atoms with E-state index in [4.69, 9.17) is 20.4 Å². The van der Waals surface area contributed by atoms with Crippen LogP contribution in [0.15, 0.2) is 18.5 Å². The molecule has 5 rings (SSSR count). The third kappa shape index (κ3) is 4.08. The summed E-state index contributed by atoms with van der Waals surface area (Å²) in [6, 6.07) is 2.73. The molecule has 1 atom stereocenters. The van der Waals surface area contributed by atoms with E-state index in [9.17, 15) is 0 Å². The highest BCUT2D eigenvalue weighted by atomic mass is 32.1. The van der Waals surface area contributed by atoms with E-state index in [1.165, 1.54) is 4.88 Å². The summed E-state index contributed by atoms with van der Waals surface area (Å²) in [4.78, 5) is 24.1. The van der Waals surface area contributed by atoms with Crippen LogP contribution in [0.4, 0.5) is 11.8 Å². The van der Waals surface area contributed by atoms with Gasteiger partial charge in [0, 0.05) is 62.6 Å². The summed E-state index contributed by atoms with van der Waals surface area (Å²) in [5.74, 6) is 1.85. The van der Waals surface area contributed by atoms with Gasteiger partial charge in [-0.05, 0) is 13.0 Å². The molecule has 0 saturated carbocycles. The van der Waals surface area contributed by atoms with E-state index in [1.807, 2.05) is 0 Å². The van der Waals surface area contributed by atoms with Crippen molar-refractivity contribution in [2.45, 2.75) is 19.5 Å². The van der Waals surface area contributed by atoms with Crippen molar-refractivity contribution in [3.63, 3.8) is 0 Å². The summed E-state index contributed by atoms with van der Waals surface area (Å²) in [6.07, 6.45) is 3.37. The van der Waals surface area contributed by atoms with Crippen molar-refractivity contribution in [3.05, 3.63) is 23.3 Å². The zero-order valence-electron chi connectivity index (χ0n) is 17.0. The van der Waals surface area contributed by atoms with E-state index >= 15 is 0 Å². The van der Waals surface area contributed by atoms with Crippen molar-refractivity contribution >= 4 is 33.3 Å². The first-order valence-corrected chi connectivity index (χ1v) is 11.1. The molecule has 3 N–H and O–H groups in total. The van der Waals surface area contributed by atoms with Crippen LogP contribution in [0.2, 0.25) is 0 Å². The lowest BCUT2D eigenvalue weighted by molar-refractivity contribution is 0.122. The number of nitrogen functional groups attached to an aromatic ring is 1. The van der Waals surface area contributed by atoms with E-state index in [0.717, 1.165) is 60.9 Å². The maximum atomic E-state index is 5.65. The van der Waals surface area contributed by atoms with Crippen molar-refractivity contribution in [1.82, 2.24) is 30.2 Å². The molecule has 2 fully saturated rings. The molecule has 0 amide bonds. The molecule has 3 aromatic heterocycles. The van der Waals surface area contributed by atoms with Crippen molar-refractivity contribution in [1.29, 1.82) is 0 Å². The molecule has 0 bridgehead atoms. The van der Waals surface area contributed by atoms with Crippen molar-refractivity contribution in [3.8, 4) is 11.4 Å². The second-order valence-electron chi connectivity index (χ2n) is 7.82. The molecule has 5 heterocycles. The van der Waals surface area contributed by atoms with Crippen LogP contribution in [0, 0.1) is 0 Å². The Hall–Kier alpha value is -2.40. The Morgan fingerprint density at radius 1 is 1.20 bits per heavy atom. The fourth-order valence-corrected chi connectivity index (χ4v) is 5.15. The number of nitrogens with two attached hydrogens (primary N) is 1. The third-order valence-corrected chi connectivity index (χ3v) is 6.58. The maximum Gasteiger partial charge on any atom is 0.219 e. The first kappa shape index (κ1) is 19.6. The van der Waals surface area contributed by atoms with E-state index in [-0.39, 0.29) is 5.95 Å². The van der Waals surface area contributed by atoms with Crippen molar-refractivity contribution < 1.29 is 4.74 Å². The molecule has 158 valence electrons. The Morgan fingerprint density at radius 2 is 2.00 bits per heavy atom. The van der Waals surface area contributed by atoms with Crippen molar-refractivity contribution in [2.24, 2.45) is 0 Å². The number of piperazine rings is 1. The second-order valence-corrected chi connectivity index (χ2v) is 8.95. The van der Waals surface area contributed by atoms with E-state index in [0.29, 0.717) is 25.1 Å². The molecule has 2 saturated heterocycles. The molecule has 0 spiro atoms. The quantitative estimate of drug-likeness (QED) is 0.640. The number of hydrogen-bond donors (Lipinski definition) is 2. The monoisotopic (exact) mass is 426 g/mol. The van der Waals surface area contributed by atoms with Gasteiger partial charge in [0.1, 0.15) is 0 Å². The molecular weight excluding hydrogens is 400 g/mol. The minimum Gasteiger partial charge on any atom is -0.378 e. The van der Waals surface area contributed by atoms with Crippen LogP contribution in [0.1, 0.15) is 11.8 Å². The standard InChI is InChI=1S/C20H26N8OS/c1-13-11-27(3-2-22-13)12-15-8-16-17(30-15)19(28-4-6-29-7-5-28)26-18(25-16)14-9-23-20(21)24-10-14/h8-10,13,22H,2-7,11-12H2,1H3,(H2,21,23,24)/t13-/m0/s1. The number of fused-ring (bicyclic) bond motifs is 1. The van der Waals surface area contributed by atoms with Crippen LogP contribution in [-0.4, -0.2) is 76.8 Å². The van der Waals surface area contributed by atoms with Crippen LogP contribution >= 0.6 is 11.3 Å². The van der Waals surface area contributed by atoms with E-state index in [1.54, 1.807) is 23.7 Å². The minimum atomic E-state index is 0.247. The lowest BCUT2D eigenvalue weighted by atomic mass is 10.2. The Kier molecular flexibility index (Phi) is 5.47.